The molecule has 0 saturated carbocycles. The second-order valence-corrected chi connectivity index (χ2v) is 6.03. The second kappa shape index (κ2) is 4.77. The van der Waals surface area contributed by atoms with E-state index in [-0.39, 0.29) is 30.0 Å². The predicted octanol–water partition coefficient (Wildman–Crippen LogP) is 2.22. The third-order valence-corrected chi connectivity index (χ3v) is 4.82. The summed E-state index contributed by atoms with van der Waals surface area (Å²) >= 11 is 0. The average molecular weight is 274 g/mol. The molecule has 0 spiro atoms. The van der Waals surface area contributed by atoms with Crippen molar-refractivity contribution in [3.8, 4) is 0 Å². The van der Waals surface area contributed by atoms with E-state index >= 15 is 0 Å². The summed E-state index contributed by atoms with van der Waals surface area (Å²) in [5, 5.41) is 0. The van der Waals surface area contributed by atoms with E-state index < -0.39 is 0 Å². The molecule has 2 aliphatic heterocycles. The van der Waals surface area contributed by atoms with Crippen LogP contribution in [-0.2, 0) is 16.0 Å². The molecule has 4 unspecified atom stereocenters. The highest BCUT2D eigenvalue weighted by Crippen LogP contribution is 2.39. The number of ether oxygens (including phenoxy) is 1. The molecule has 108 valence electrons. The average Bonchev–Trinajstić information content (AvgIpc) is 2.93. The first-order valence-electron chi connectivity index (χ1n) is 7.35. The number of benzene rings is 1. The molecule has 20 heavy (non-hydrogen) atoms. The number of nitrogens with two attached hydrogens (primary N) is 1. The minimum atomic E-state index is -0.0736. The Morgan fingerprint density at radius 2 is 2.05 bits per heavy atom. The third kappa shape index (κ3) is 1.90. The van der Waals surface area contributed by atoms with Gasteiger partial charge in [-0.2, -0.15) is 0 Å². The maximum atomic E-state index is 12.9. The number of carbonyl (C=O) groups excluding carboxylic acids is 1. The SMILES string of the molecule is CC1OC(C)C(C(=O)N2CCc3cccc(N)c32)C1C. The van der Waals surface area contributed by atoms with Crippen LogP contribution in [0.4, 0.5) is 11.4 Å². The summed E-state index contributed by atoms with van der Waals surface area (Å²) in [6.07, 6.45) is 0.994. The van der Waals surface area contributed by atoms with E-state index in [1.165, 1.54) is 5.56 Å². The summed E-state index contributed by atoms with van der Waals surface area (Å²) in [4.78, 5) is 14.8. The van der Waals surface area contributed by atoms with Crippen molar-refractivity contribution in [3.05, 3.63) is 23.8 Å². The molecule has 0 aromatic heterocycles. The van der Waals surface area contributed by atoms with Crippen molar-refractivity contribution < 1.29 is 9.53 Å². The molecule has 2 N–H and O–H groups in total. The van der Waals surface area contributed by atoms with Gasteiger partial charge in [-0.25, -0.2) is 0 Å². The molecule has 1 fully saturated rings. The number of nitrogen functional groups attached to an aromatic ring is 1. The number of anilines is 2. The van der Waals surface area contributed by atoms with E-state index in [2.05, 4.69) is 13.0 Å². The molecule has 1 amide bonds. The first-order chi connectivity index (χ1) is 9.50. The van der Waals surface area contributed by atoms with Crippen molar-refractivity contribution in [2.45, 2.75) is 39.4 Å². The Morgan fingerprint density at radius 3 is 2.70 bits per heavy atom. The number of fused-ring (bicyclic) bond motifs is 1. The van der Waals surface area contributed by atoms with Crippen LogP contribution in [0.15, 0.2) is 18.2 Å². The van der Waals surface area contributed by atoms with Crippen molar-refractivity contribution in [1.82, 2.24) is 0 Å². The molecule has 0 aliphatic carbocycles. The highest BCUT2D eigenvalue weighted by Gasteiger charge is 2.44. The van der Waals surface area contributed by atoms with E-state index in [1.807, 2.05) is 30.9 Å². The van der Waals surface area contributed by atoms with E-state index in [0.29, 0.717) is 5.69 Å². The summed E-state index contributed by atoms with van der Waals surface area (Å²) < 4.78 is 5.81. The van der Waals surface area contributed by atoms with Gasteiger partial charge in [0.25, 0.3) is 0 Å². The van der Waals surface area contributed by atoms with Crippen LogP contribution in [0.1, 0.15) is 26.3 Å². The lowest BCUT2D eigenvalue weighted by atomic mass is 9.88. The van der Waals surface area contributed by atoms with Gasteiger partial charge < -0.3 is 15.4 Å². The summed E-state index contributed by atoms with van der Waals surface area (Å²) in [5.41, 5.74) is 8.85. The van der Waals surface area contributed by atoms with Gasteiger partial charge >= 0.3 is 0 Å². The highest BCUT2D eigenvalue weighted by atomic mass is 16.5. The Labute approximate surface area is 119 Å². The van der Waals surface area contributed by atoms with Gasteiger partial charge in [-0.1, -0.05) is 19.1 Å². The molecule has 1 saturated heterocycles. The lowest BCUT2D eigenvalue weighted by Gasteiger charge is -2.26. The smallest absolute Gasteiger partial charge is 0.233 e. The first-order valence-corrected chi connectivity index (χ1v) is 7.35. The summed E-state index contributed by atoms with van der Waals surface area (Å²) in [6, 6.07) is 5.87. The number of hydrogen-bond donors (Lipinski definition) is 1. The standard InChI is InChI=1S/C16H22N2O2/c1-9-10(2)20-11(3)14(9)16(19)18-8-7-12-5-4-6-13(17)15(12)18/h4-6,9-11,14H,7-8,17H2,1-3H3. The fraction of sp³-hybridized carbons (Fsp3) is 0.562. The van der Waals surface area contributed by atoms with Crippen LogP contribution in [0.25, 0.3) is 0 Å². The number of rotatable bonds is 1. The summed E-state index contributed by atoms with van der Waals surface area (Å²) in [6.45, 7) is 6.86. The van der Waals surface area contributed by atoms with Gasteiger partial charge in [-0.05, 0) is 37.8 Å². The molecule has 1 aromatic carbocycles. The van der Waals surface area contributed by atoms with Gasteiger partial charge in [0.2, 0.25) is 5.91 Å². The lowest BCUT2D eigenvalue weighted by Crippen LogP contribution is -2.40. The lowest BCUT2D eigenvalue weighted by molar-refractivity contribution is -0.124. The van der Waals surface area contributed by atoms with Crippen molar-refractivity contribution >= 4 is 17.3 Å². The molecule has 3 rings (SSSR count). The van der Waals surface area contributed by atoms with Gasteiger partial charge in [0.05, 0.1) is 29.5 Å². The Hall–Kier alpha value is -1.55. The number of hydrogen-bond acceptors (Lipinski definition) is 3. The second-order valence-electron chi connectivity index (χ2n) is 6.03. The van der Waals surface area contributed by atoms with Gasteiger partial charge in [0, 0.05) is 6.54 Å². The van der Waals surface area contributed by atoms with Crippen LogP contribution in [0.5, 0.6) is 0 Å². The number of para-hydroxylation sites is 1. The third-order valence-electron chi connectivity index (χ3n) is 4.82. The Morgan fingerprint density at radius 1 is 1.30 bits per heavy atom. The zero-order chi connectivity index (χ0) is 14.4. The fourth-order valence-electron chi connectivity index (χ4n) is 3.58. The van der Waals surface area contributed by atoms with E-state index in [4.69, 9.17) is 10.5 Å². The quantitative estimate of drug-likeness (QED) is 0.799. The van der Waals surface area contributed by atoms with Crippen molar-refractivity contribution in [3.63, 3.8) is 0 Å². The minimum absolute atomic E-state index is 0.0264. The van der Waals surface area contributed by atoms with Crippen molar-refractivity contribution in [1.29, 1.82) is 0 Å². The molecular weight excluding hydrogens is 252 g/mol. The van der Waals surface area contributed by atoms with Crippen molar-refractivity contribution in [2.75, 3.05) is 17.2 Å². The molecule has 0 bridgehead atoms. The highest BCUT2D eigenvalue weighted by molar-refractivity contribution is 6.00. The molecule has 4 nitrogen and oxygen atoms in total. The number of nitrogens with zero attached hydrogens (tertiary/aromatic N) is 1. The van der Waals surface area contributed by atoms with E-state index in [0.717, 1.165) is 18.7 Å². The van der Waals surface area contributed by atoms with E-state index in [1.54, 1.807) is 0 Å². The normalized spacial score (nSPS) is 32.5. The largest absolute Gasteiger partial charge is 0.397 e. The van der Waals surface area contributed by atoms with Crippen LogP contribution in [-0.4, -0.2) is 24.7 Å². The maximum Gasteiger partial charge on any atom is 0.233 e. The summed E-state index contributed by atoms with van der Waals surface area (Å²) in [7, 11) is 0. The molecular formula is C16H22N2O2. The zero-order valence-electron chi connectivity index (χ0n) is 12.3. The Kier molecular flexibility index (Phi) is 3.21. The first kappa shape index (κ1) is 13.4. The van der Waals surface area contributed by atoms with Gasteiger partial charge in [-0.3, -0.25) is 4.79 Å². The Bertz CT molecular complexity index is 543. The topological polar surface area (TPSA) is 55.6 Å². The number of amides is 1. The van der Waals surface area contributed by atoms with Crippen LogP contribution in [0, 0.1) is 11.8 Å². The van der Waals surface area contributed by atoms with Crippen LogP contribution in [0.2, 0.25) is 0 Å². The van der Waals surface area contributed by atoms with Crippen LogP contribution in [0.3, 0.4) is 0 Å². The summed E-state index contributed by atoms with van der Waals surface area (Å²) in [5.74, 6) is 0.327. The number of carbonyl (C=O) groups is 1. The van der Waals surface area contributed by atoms with E-state index in [9.17, 15) is 4.79 Å². The molecule has 0 radical (unpaired) electrons. The maximum absolute atomic E-state index is 12.9. The molecule has 2 heterocycles. The molecule has 4 atom stereocenters. The predicted molar refractivity (Wildman–Crippen MR) is 79.6 cm³/mol. The molecule has 4 heteroatoms. The van der Waals surface area contributed by atoms with Crippen molar-refractivity contribution in [2.24, 2.45) is 11.8 Å². The minimum Gasteiger partial charge on any atom is -0.397 e. The Balaban J connectivity index is 1.91. The molecule has 2 aliphatic rings. The van der Waals surface area contributed by atoms with Crippen LogP contribution < -0.4 is 10.6 Å². The fourth-order valence-corrected chi connectivity index (χ4v) is 3.58. The monoisotopic (exact) mass is 274 g/mol. The van der Waals surface area contributed by atoms with Gasteiger partial charge in [0.1, 0.15) is 0 Å². The van der Waals surface area contributed by atoms with Gasteiger partial charge in [0.15, 0.2) is 0 Å². The van der Waals surface area contributed by atoms with Crippen LogP contribution >= 0.6 is 0 Å². The zero-order valence-corrected chi connectivity index (χ0v) is 12.3. The van der Waals surface area contributed by atoms with Gasteiger partial charge in [-0.15, -0.1) is 0 Å². The molecule has 1 aromatic rings.